The Morgan fingerprint density at radius 1 is 0.830 bits per heavy atom. The third-order valence-corrected chi connectivity index (χ3v) is 10.3. The molecule has 1 saturated heterocycles. The van der Waals surface area contributed by atoms with Gasteiger partial charge in [0.25, 0.3) is 10.0 Å². The zero-order valence-electron chi connectivity index (χ0n) is 26.4. The van der Waals surface area contributed by atoms with Crippen LogP contribution >= 0.6 is 0 Å². The maximum atomic E-state index is 13.9. The minimum atomic E-state index is -3.93. The molecule has 4 aromatic heterocycles. The molecule has 0 spiro atoms. The summed E-state index contributed by atoms with van der Waals surface area (Å²) < 4.78 is 31.0. The van der Waals surface area contributed by atoms with E-state index >= 15 is 0 Å². The highest BCUT2D eigenvalue weighted by Gasteiger charge is 2.24. The number of pyridine rings is 2. The Hall–Kier alpha value is -4.84. The van der Waals surface area contributed by atoms with E-state index in [1.54, 1.807) is 42.9 Å². The number of aromatic nitrogens is 5. The van der Waals surface area contributed by atoms with Gasteiger partial charge in [-0.15, -0.1) is 0 Å². The van der Waals surface area contributed by atoms with Gasteiger partial charge in [0, 0.05) is 85.2 Å². The lowest BCUT2D eigenvalue weighted by molar-refractivity contribution is 0.122. The van der Waals surface area contributed by atoms with Gasteiger partial charge in [0.2, 0.25) is 0 Å². The molecule has 0 unspecified atom stereocenters. The van der Waals surface area contributed by atoms with Gasteiger partial charge < -0.3 is 10.0 Å². The van der Waals surface area contributed by atoms with E-state index in [-0.39, 0.29) is 11.0 Å². The van der Waals surface area contributed by atoms with E-state index in [2.05, 4.69) is 27.0 Å². The van der Waals surface area contributed by atoms with Gasteiger partial charge in [-0.3, -0.25) is 9.58 Å². The first-order chi connectivity index (χ1) is 22.7. The molecule has 0 saturated carbocycles. The minimum Gasteiger partial charge on any atom is -0.392 e. The first-order valence-electron chi connectivity index (χ1n) is 15.8. The van der Waals surface area contributed by atoms with Gasteiger partial charge in [-0.25, -0.2) is 22.4 Å². The van der Waals surface area contributed by atoms with Crippen LogP contribution in [0, 0.1) is 6.92 Å². The van der Waals surface area contributed by atoms with Crippen LogP contribution in [0.1, 0.15) is 18.1 Å². The minimum absolute atomic E-state index is 0.198. The zero-order valence-corrected chi connectivity index (χ0v) is 27.3. The van der Waals surface area contributed by atoms with Gasteiger partial charge in [-0.1, -0.05) is 48.0 Å². The molecular weight excluding hydrogens is 611 g/mol. The zero-order chi connectivity index (χ0) is 32.5. The van der Waals surface area contributed by atoms with Crippen molar-refractivity contribution in [2.24, 2.45) is 0 Å². The lowest BCUT2D eigenvalue weighted by Gasteiger charge is -2.35. The predicted octanol–water partition coefficient (Wildman–Crippen LogP) is 5.06. The number of anilines is 1. The molecule has 10 nitrogen and oxygen atoms in total. The van der Waals surface area contributed by atoms with Crippen LogP contribution < -0.4 is 4.90 Å². The second-order valence-electron chi connectivity index (χ2n) is 12.2. The summed E-state index contributed by atoms with van der Waals surface area (Å²) in [5, 5.41) is 15.0. The highest BCUT2D eigenvalue weighted by molar-refractivity contribution is 7.90. The van der Waals surface area contributed by atoms with E-state index in [0.717, 1.165) is 65.4 Å². The summed E-state index contributed by atoms with van der Waals surface area (Å²) in [4.78, 5) is 14.2. The number of β-amino-alcohol motifs (C(OH)–C–C–N with tert-alkyl or cyclic N) is 1. The van der Waals surface area contributed by atoms with E-state index in [1.807, 2.05) is 67.3 Å². The number of hydrogen-bond donors (Lipinski definition) is 1. The number of hydrogen-bond acceptors (Lipinski definition) is 8. The first kappa shape index (κ1) is 30.8. The number of benzene rings is 2. The van der Waals surface area contributed by atoms with Crippen LogP contribution in [-0.2, 0) is 16.6 Å². The normalized spacial score (nSPS) is 14.9. The molecule has 5 heterocycles. The second-order valence-corrected chi connectivity index (χ2v) is 14.0. The molecule has 1 N–H and O–H groups in total. The molecular formula is C36H37N7O3S. The summed E-state index contributed by atoms with van der Waals surface area (Å²) >= 11 is 0. The molecule has 0 amide bonds. The molecule has 2 aromatic carbocycles. The molecule has 0 aliphatic carbocycles. The molecule has 0 bridgehead atoms. The Bertz CT molecular complexity index is 2100. The van der Waals surface area contributed by atoms with Crippen LogP contribution in [0.2, 0.25) is 0 Å². The van der Waals surface area contributed by atoms with Gasteiger partial charge in [-0.05, 0) is 49.7 Å². The standard InChI is InChI=1S/C36H37N7O3S/c1-26-8-11-32(12-9-26)47(45,46)43-25-34(31-21-39-42(24-31)23-28-6-4-3-5-7-28)33-18-30(20-38-36(33)43)29-10-13-35(37-19-29)41-16-14-40(15-17-41)22-27(2)44/h3-13,18-21,24-25,27,44H,14-17,22-23H2,1-2H3/t27-/m0/s1. The Morgan fingerprint density at radius 3 is 2.28 bits per heavy atom. The van der Waals surface area contributed by atoms with E-state index in [4.69, 9.17) is 9.97 Å². The first-order valence-corrected chi connectivity index (χ1v) is 17.2. The van der Waals surface area contributed by atoms with Crippen LogP contribution in [0.5, 0.6) is 0 Å². The average Bonchev–Trinajstić information content (AvgIpc) is 3.70. The summed E-state index contributed by atoms with van der Waals surface area (Å²) in [5.74, 6) is 0.904. The number of aliphatic hydroxyl groups is 1. The van der Waals surface area contributed by atoms with Crippen LogP contribution in [0.25, 0.3) is 33.3 Å². The van der Waals surface area contributed by atoms with Crippen molar-refractivity contribution < 1.29 is 13.5 Å². The van der Waals surface area contributed by atoms with Crippen molar-refractivity contribution in [3.8, 4) is 22.3 Å². The van der Waals surface area contributed by atoms with Crippen molar-refractivity contribution in [1.29, 1.82) is 0 Å². The Morgan fingerprint density at radius 2 is 1.57 bits per heavy atom. The average molecular weight is 648 g/mol. The number of aliphatic hydroxyl groups excluding tert-OH is 1. The largest absolute Gasteiger partial charge is 0.392 e. The summed E-state index contributed by atoms with van der Waals surface area (Å²) in [7, 11) is -3.93. The Labute approximate surface area is 274 Å². The number of piperazine rings is 1. The lowest BCUT2D eigenvalue weighted by Crippen LogP contribution is -2.48. The van der Waals surface area contributed by atoms with Crippen LogP contribution in [0.4, 0.5) is 5.82 Å². The maximum Gasteiger partial charge on any atom is 0.269 e. The fourth-order valence-electron chi connectivity index (χ4n) is 6.11. The molecule has 1 aliphatic heterocycles. The van der Waals surface area contributed by atoms with Crippen molar-refractivity contribution in [3.05, 3.63) is 115 Å². The summed E-state index contributed by atoms with van der Waals surface area (Å²) in [6, 6.07) is 23.0. The van der Waals surface area contributed by atoms with Crippen LogP contribution in [0.15, 0.2) is 109 Å². The van der Waals surface area contributed by atoms with Crippen molar-refractivity contribution in [2.45, 2.75) is 31.4 Å². The topological polar surface area (TPSA) is 109 Å². The summed E-state index contributed by atoms with van der Waals surface area (Å²) in [6.07, 6.45) is 8.57. The smallest absolute Gasteiger partial charge is 0.269 e. The Kier molecular flexibility index (Phi) is 8.35. The number of nitrogens with zero attached hydrogens (tertiary/aromatic N) is 7. The van der Waals surface area contributed by atoms with Crippen LogP contribution in [-0.4, -0.2) is 81.0 Å². The molecule has 47 heavy (non-hydrogen) atoms. The molecule has 240 valence electrons. The molecule has 1 aliphatic rings. The summed E-state index contributed by atoms with van der Waals surface area (Å²) in [6.45, 7) is 8.46. The molecule has 6 aromatic rings. The van der Waals surface area contributed by atoms with Crippen LogP contribution in [0.3, 0.4) is 0 Å². The molecule has 1 atom stereocenters. The van der Waals surface area contributed by atoms with Gasteiger partial charge in [0.15, 0.2) is 5.65 Å². The number of fused-ring (bicyclic) bond motifs is 1. The highest BCUT2D eigenvalue weighted by atomic mass is 32.2. The molecule has 1 fully saturated rings. The van der Waals surface area contributed by atoms with Crippen molar-refractivity contribution >= 4 is 26.9 Å². The Balaban J connectivity index is 1.24. The van der Waals surface area contributed by atoms with Crippen molar-refractivity contribution in [2.75, 3.05) is 37.6 Å². The van der Waals surface area contributed by atoms with Gasteiger partial charge in [-0.2, -0.15) is 5.10 Å². The quantitative estimate of drug-likeness (QED) is 0.232. The fourth-order valence-corrected chi connectivity index (χ4v) is 7.44. The van der Waals surface area contributed by atoms with E-state index in [0.29, 0.717) is 24.1 Å². The summed E-state index contributed by atoms with van der Waals surface area (Å²) in [5.41, 5.74) is 5.69. The highest BCUT2D eigenvalue weighted by Crippen LogP contribution is 2.35. The molecule has 7 rings (SSSR count). The fraction of sp³-hybridized carbons (Fsp3) is 0.250. The molecule has 0 radical (unpaired) electrons. The predicted molar refractivity (Wildman–Crippen MR) is 184 cm³/mol. The third-order valence-electron chi connectivity index (χ3n) is 8.62. The van der Waals surface area contributed by atoms with Gasteiger partial charge in [0.1, 0.15) is 5.82 Å². The van der Waals surface area contributed by atoms with Gasteiger partial charge in [0.05, 0.1) is 23.7 Å². The van der Waals surface area contributed by atoms with Crippen molar-refractivity contribution in [3.63, 3.8) is 0 Å². The third kappa shape index (κ3) is 6.42. The lowest BCUT2D eigenvalue weighted by atomic mass is 10.1. The SMILES string of the molecule is Cc1ccc(S(=O)(=O)n2cc(-c3cnn(Cc4ccccc4)c3)c3cc(-c4ccc(N5CCN(C[C@H](C)O)CC5)nc4)cnc32)cc1. The number of rotatable bonds is 9. The second kappa shape index (κ2) is 12.7. The van der Waals surface area contributed by atoms with E-state index in [9.17, 15) is 13.5 Å². The molecule has 11 heteroatoms. The van der Waals surface area contributed by atoms with Crippen molar-refractivity contribution in [1.82, 2.24) is 28.6 Å². The van der Waals surface area contributed by atoms with Gasteiger partial charge >= 0.3 is 0 Å². The number of aryl methyl sites for hydroxylation is 1. The monoisotopic (exact) mass is 647 g/mol. The maximum absolute atomic E-state index is 13.9. The van der Waals surface area contributed by atoms with E-state index < -0.39 is 10.0 Å². The van der Waals surface area contributed by atoms with E-state index in [1.165, 1.54) is 3.97 Å².